The Balaban J connectivity index is 1.67. The van der Waals surface area contributed by atoms with Gasteiger partial charge in [-0.3, -0.25) is 0 Å². The first-order valence-electron chi connectivity index (χ1n) is 12.2. The van der Waals surface area contributed by atoms with Crippen LogP contribution in [0.1, 0.15) is 91.9 Å². The predicted molar refractivity (Wildman–Crippen MR) is 111 cm³/mol. The van der Waals surface area contributed by atoms with Gasteiger partial charge in [0.1, 0.15) is 0 Å². The maximum Gasteiger partial charge on any atom is 0.0605 e. The summed E-state index contributed by atoms with van der Waals surface area (Å²) in [5.74, 6) is 4.59. The summed E-state index contributed by atoms with van der Waals surface area (Å²) in [4.78, 5) is 0. The molecular weight excluding hydrogens is 332 g/mol. The van der Waals surface area contributed by atoms with Crippen LogP contribution in [0.3, 0.4) is 0 Å². The molecule has 0 aromatic rings. The molecule has 0 unspecified atom stereocenters. The standard InChI is InChI=1S/C25H44O2/c1-5-17-19-8-6-7-13-24(19,3)21-11-14-25(4)18(16(2)12-15-26)9-10-20(25)22(21)23(17)27/h16-23,26-27H,5-15H2,1-4H3/t16-,17-,18-,19+,20+,21+,22+,23-,24+,25-/m1/s1. The first-order valence-corrected chi connectivity index (χ1v) is 12.2. The molecule has 2 N–H and O–H groups in total. The number of fused-ring (bicyclic) bond motifs is 5. The molecule has 0 aromatic carbocycles. The number of aliphatic hydroxyl groups excluding tert-OH is 2. The average Bonchev–Trinajstić information content (AvgIpc) is 3.00. The molecule has 156 valence electrons. The van der Waals surface area contributed by atoms with Crippen molar-refractivity contribution in [1.29, 1.82) is 0 Å². The largest absolute Gasteiger partial charge is 0.396 e. The van der Waals surface area contributed by atoms with Crippen molar-refractivity contribution >= 4 is 0 Å². The van der Waals surface area contributed by atoms with Crippen LogP contribution < -0.4 is 0 Å². The highest BCUT2D eigenvalue weighted by Gasteiger charge is 2.64. The zero-order valence-electron chi connectivity index (χ0n) is 18.3. The van der Waals surface area contributed by atoms with E-state index in [-0.39, 0.29) is 6.10 Å². The van der Waals surface area contributed by atoms with Crippen molar-refractivity contribution in [2.75, 3.05) is 6.61 Å². The summed E-state index contributed by atoms with van der Waals surface area (Å²) < 4.78 is 0. The van der Waals surface area contributed by atoms with Gasteiger partial charge in [0.2, 0.25) is 0 Å². The zero-order chi connectivity index (χ0) is 19.4. The molecule has 0 radical (unpaired) electrons. The van der Waals surface area contributed by atoms with Gasteiger partial charge in [-0.1, -0.05) is 47.0 Å². The van der Waals surface area contributed by atoms with Crippen molar-refractivity contribution in [3.8, 4) is 0 Å². The second-order valence-corrected chi connectivity index (χ2v) is 11.4. The van der Waals surface area contributed by atoms with Crippen molar-refractivity contribution in [2.24, 2.45) is 52.3 Å². The van der Waals surface area contributed by atoms with E-state index in [4.69, 9.17) is 0 Å². The lowest BCUT2D eigenvalue weighted by Crippen LogP contribution is -2.61. The molecule has 4 aliphatic carbocycles. The quantitative estimate of drug-likeness (QED) is 0.664. The van der Waals surface area contributed by atoms with Crippen molar-refractivity contribution < 1.29 is 10.2 Å². The van der Waals surface area contributed by atoms with Crippen molar-refractivity contribution in [3.05, 3.63) is 0 Å². The van der Waals surface area contributed by atoms with Gasteiger partial charge in [-0.2, -0.15) is 0 Å². The topological polar surface area (TPSA) is 40.5 Å². The minimum atomic E-state index is -0.0762. The number of rotatable bonds is 4. The van der Waals surface area contributed by atoms with Gasteiger partial charge in [0, 0.05) is 6.61 Å². The first kappa shape index (κ1) is 20.2. The highest BCUT2D eigenvalue weighted by molar-refractivity contribution is 5.13. The molecule has 27 heavy (non-hydrogen) atoms. The molecule has 0 heterocycles. The van der Waals surface area contributed by atoms with E-state index in [1.807, 2.05) is 0 Å². The molecule has 4 aliphatic rings. The maximum absolute atomic E-state index is 11.7. The lowest BCUT2D eigenvalue weighted by Gasteiger charge is -2.64. The van der Waals surface area contributed by atoms with Crippen molar-refractivity contribution in [1.82, 2.24) is 0 Å². The fourth-order valence-electron chi connectivity index (χ4n) is 9.42. The molecule has 2 heteroatoms. The second-order valence-electron chi connectivity index (χ2n) is 11.4. The molecule has 10 atom stereocenters. The molecule has 4 rings (SSSR count). The minimum absolute atomic E-state index is 0.0762. The van der Waals surface area contributed by atoms with Crippen LogP contribution in [0.2, 0.25) is 0 Å². The molecule has 4 fully saturated rings. The van der Waals surface area contributed by atoms with Crippen LogP contribution >= 0.6 is 0 Å². The van der Waals surface area contributed by atoms with Gasteiger partial charge in [0.15, 0.2) is 0 Å². The fraction of sp³-hybridized carbons (Fsp3) is 1.00. The van der Waals surface area contributed by atoms with Crippen LogP contribution in [-0.2, 0) is 0 Å². The molecular formula is C25H44O2. The molecule has 4 saturated carbocycles. The smallest absolute Gasteiger partial charge is 0.0605 e. The van der Waals surface area contributed by atoms with Gasteiger partial charge in [-0.25, -0.2) is 0 Å². The summed E-state index contributed by atoms with van der Waals surface area (Å²) in [7, 11) is 0. The van der Waals surface area contributed by atoms with Gasteiger partial charge in [-0.05, 0) is 97.2 Å². The van der Waals surface area contributed by atoms with Crippen LogP contribution in [0.5, 0.6) is 0 Å². The summed E-state index contributed by atoms with van der Waals surface area (Å²) in [6.45, 7) is 10.2. The number of hydrogen-bond donors (Lipinski definition) is 2. The van der Waals surface area contributed by atoms with E-state index >= 15 is 0 Å². The van der Waals surface area contributed by atoms with E-state index in [0.29, 0.717) is 41.1 Å². The summed E-state index contributed by atoms with van der Waals surface area (Å²) in [6.07, 6.45) is 12.9. The van der Waals surface area contributed by atoms with E-state index in [9.17, 15) is 10.2 Å². The Morgan fingerprint density at radius 2 is 1.67 bits per heavy atom. The third kappa shape index (κ3) is 2.87. The van der Waals surface area contributed by atoms with Crippen molar-refractivity contribution in [3.63, 3.8) is 0 Å². The van der Waals surface area contributed by atoms with E-state index < -0.39 is 0 Å². The van der Waals surface area contributed by atoms with E-state index in [1.165, 1.54) is 51.4 Å². The van der Waals surface area contributed by atoms with Gasteiger partial charge < -0.3 is 10.2 Å². The third-order valence-electron chi connectivity index (χ3n) is 10.7. The monoisotopic (exact) mass is 376 g/mol. The Kier molecular flexibility index (Phi) is 5.47. The lowest BCUT2D eigenvalue weighted by atomic mass is 9.41. The summed E-state index contributed by atoms with van der Waals surface area (Å²) in [5.41, 5.74) is 0.853. The molecule has 0 spiro atoms. The summed E-state index contributed by atoms with van der Waals surface area (Å²) >= 11 is 0. The Morgan fingerprint density at radius 3 is 2.37 bits per heavy atom. The van der Waals surface area contributed by atoms with Crippen LogP contribution in [0, 0.1) is 52.3 Å². The van der Waals surface area contributed by atoms with Gasteiger partial charge >= 0.3 is 0 Å². The SMILES string of the molecule is CC[C@H]1[C@@H](O)[C@@H]2[C@H](CC[C@]3(C)[C@@H]([C@H](C)CCO)CC[C@@H]23)[C@@]2(C)CCCC[C@@H]12. The van der Waals surface area contributed by atoms with E-state index in [1.54, 1.807) is 0 Å². The Labute approximate surface area is 167 Å². The Morgan fingerprint density at radius 1 is 0.926 bits per heavy atom. The molecule has 0 bridgehead atoms. The highest BCUT2D eigenvalue weighted by atomic mass is 16.3. The van der Waals surface area contributed by atoms with Gasteiger partial charge in [0.25, 0.3) is 0 Å². The van der Waals surface area contributed by atoms with Crippen LogP contribution in [-0.4, -0.2) is 22.9 Å². The highest BCUT2D eigenvalue weighted by Crippen LogP contribution is 2.69. The maximum atomic E-state index is 11.7. The Bertz CT molecular complexity index is 532. The number of aliphatic hydroxyl groups is 2. The Hall–Kier alpha value is -0.0800. The predicted octanol–water partition coefficient (Wildman–Crippen LogP) is 5.66. The molecule has 0 amide bonds. The summed E-state index contributed by atoms with van der Waals surface area (Å²) in [6, 6.07) is 0. The first-order chi connectivity index (χ1) is 12.9. The van der Waals surface area contributed by atoms with Crippen LogP contribution in [0.4, 0.5) is 0 Å². The molecule has 2 nitrogen and oxygen atoms in total. The third-order valence-corrected chi connectivity index (χ3v) is 10.7. The van der Waals surface area contributed by atoms with Crippen molar-refractivity contribution in [2.45, 2.75) is 98.0 Å². The van der Waals surface area contributed by atoms with Gasteiger partial charge in [-0.15, -0.1) is 0 Å². The average molecular weight is 377 g/mol. The lowest BCUT2D eigenvalue weighted by molar-refractivity contribution is -0.194. The van der Waals surface area contributed by atoms with Gasteiger partial charge in [0.05, 0.1) is 6.10 Å². The molecule has 0 saturated heterocycles. The molecule has 0 aliphatic heterocycles. The normalized spacial score (nSPS) is 53.3. The van der Waals surface area contributed by atoms with E-state index in [2.05, 4.69) is 27.7 Å². The zero-order valence-corrected chi connectivity index (χ0v) is 18.3. The van der Waals surface area contributed by atoms with Crippen LogP contribution in [0.25, 0.3) is 0 Å². The van der Waals surface area contributed by atoms with E-state index in [0.717, 1.165) is 30.6 Å². The summed E-state index contributed by atoms with van der Waals surface area (Å²) in [5, 5.41) is 21.2. The molecule has 0 aromatic heterocycles. The number of hydrogen-bond acceptors (Lipinski definition) is 2. The fourth-order valence-corrected chi connectivity index (χ4v) is 9.42. The minimum Gasteiger partial charge on any atom is -0.396 e. The second kappa shape index (κ2) is 7.31. The van der Waals surface area contributed by atoms with Crippen LogP contribution in [0.15, 0.2) is 0 Å².